The number of carbonyl (C=O) groups is 1. The normalized spacial score (nSPS) is 12.2. The van der Waals surface area contributed by atoms with Crippen molar-refractivity contribution in [3.63, 3.8) is 0 Å². The fourth-order valence-electron chi connectivity index (χ4n) is 1.03. The van der Waals surface area contributed by atoms with Gasteiger partial charge in [-0.15, -0.1) is 0 Å². The maximum absolute atomic E-state index is 13.2. The lowest BCUT2D eigenvalue weighted by Crippen LogP contribution is -2.12. The van der Waals surface area contributed by atoms with Crippen LogP contribution in [0.5, 0.6) is 5.75 Å². The minimum absolute atomic E-state index is 0.0526. The van der Waals surface area contributed by atoms with E-state index in [0.29, 0.717) is 6.29 Å². The van der Waals surface area contributed by atoms with E-state index in [1.807, 2.05) is 13.8 Å². The van der Waals surface area contributed by atoms with E-state index in [0.717, 1.165) is 6.42 Å². The first-order chi connectivity index (χ1) is 6.69. The van der Waals surface area contributed by atoms with Gasteiger partial charge < -0.3 is 4.74 Å². The first-order valence-corrected chi connectivity index (χ1v) is 4.59. The summed E-state index contributed by atoms with van der Waals surface area (Å²) in [6.45, 7) is 3.77. The van der Waals surface area contributed by atoms with Crippen LogP contribution in [0.3, 0.4) is 0 Å². The molecule has 0 aliphatic carbocycles. The Morgan fingerprint density at radius 2 is 2.29 bits per heavy atom. The first kappa shape index (κ1) is 10.7. The van der Waals surface area contributed by atoms with Crippen molar-refractivity contribution in [1.82, 2.24) is 0 Å². The lowest BCUT2D eigenvalue weighted by Gasteiger charge is -2.14. The maximum atomic E-state index is 13.2. The third kappa shape index (κ3) is 2.31. The molecule has 0 aromatic heterocycles. The van der Waals surface area contributed by atoms with Crippen molar-refractivity contribution in [3.05, 3.63) is 29.6 Å². The smallest absolute Gasteiger partial charge is 0.165 e. The number of hydrogen-bond donors (Lipinski definition) is 0. The number of aldehydes is 1. The molecular formula is C11H13FO2. The van der Waals surface area contributed by atoms with Gasteiger partial charge in [0.05, 0.1) is 11.7 Å². The van der Waals surface area contributed by atoms with Crippen LogP contribution in [0.2, 0.25) is 0 Å². The maximum Gasteiger partial charge on any atom is 0.165 e. The molecule has 1 atom stereocenters. The predicted molar refractivity (Wildman–Crippen MR) is 52.2 cm³/mol. The molecule has 0 spiro atoms. The average Bonchev–Trinajstić information content (AvgIpc) is 2.20. The largest absolute Gasteiger partial charge is 0.487 e. The minimum atomic E-state index is -0.491. The second-order valence-corrected chi connectivity index (χ2v) is 3.11. The van der Waals surface area contributed by atoms with E-state index < -0.39 is 5.82 Å². The van der Waals surface area contributed by atoms with Crippen LogP contribution in [0.1, 0.15) is 30.6 Å². The summed E-state index contributed by atoms with van der Waals surface area (Å²) in [6, 6.07) is 4.31. The van der Waals surface area contributed by atoms with Crippen LogP contribution in [0.25, 0.3) is 0 Å². The quantitative estimate of drug-likeness (QED) is 0.692. The highest BCUT2D eigenvalue weighted by Crippen LogP contribution is 2.22. The van der Waals surface area contributed by atoms with Crippen molar-refractivity contribution in [3.8, 4) is 5.75 Å². The third-order valence-corrected chi connectivity index (χ3v) is 2.02. The van der Waals surface area contributed by atoms with Crippen molar-refractivity contribution in [2.75, 3.05) is 0 Å². The molecule has 0 aliphatic heterocycles. The van der Waals surface area contributed by atoms with Crippen molar-refractivity contribution in [2.24, 2.45) is 0 Å². The van der Waals surface area contributed by atoms with Gasteiger partial charge in [0, 0.05) is 0 Å². The zero-order chi connectivity index (χ0) is 10.6. The van der Waals surface area contributed by atoms with E-state index in [9.17, 15) is 9.18 Å². The number of benzene rings is 1. The molecule has 1 unspecified atom stereocenters. The van der Waals surface area contributed by atoms with Crippen LogP contribution >= 0.6 is 0 Å². The van der Waals surface area contributed by atoms with E-state index in [1.165, 1.54) is 18.2 Å². The zero-order valence-electron chi connectivity index (χ0n) is 8.29. The highest BCUT2D eigenvalue weighted by Gasteiger charge is 2.11. The number of halogens is 1. The van der Waals surface area contributed by atoms with Crippen LogP contribution in [0, 0.1) is 5.82 Å². The lowest BCUT2D eigenvalue weighted by atomic mass is 10.2. The van der Waals surface area contributed by atoms with Crippen LogP contribution in [0.4, 0.5) is 4.39 Å². The van der Waals surface area contributed by atoms with Crippen molar-refractivity contribution in [1.29, 1.82) is 0 Å². The Bertz CT molecular complexity index is 323. The predicted octanol–water partition coefficient (Wildman–Crippen LogP) is 2.82. The van der Waals surface area contributed by atoms with Crippen LogP contribution in [0.15, 0.2) is 18.2 Å². The van der Waals surface area contributed by atoms with Gasteiger partial charge in [0.25, 0.3) is 0 Å². The monoisotopic (exact) mass is 196 g/mol. The van der Waals surface area contributed by atoms with Crippen LogP contribution in [-0.4, -0.2) is 12.4 Å². The zero-order valence-corrected chi connectivity index (χ0v) is 8.29. The molecule has 14 heavy (non-hydrogen) atoms. The van der Waals surface area contributed by atoms with Gasteiger partial charge >= 0.3 is 0 Å². The van der Waals surface area contributed by atoms with Gasteiger partial charge in [-0.2, -0.15) is 0 Å². The summed E-state index contributed by atoms with van der Waals surface area (Å²) in [6.07, 6.45) is 1.28. The Morgan fingerprint density at radius 3 is 2.86 bits per heavy atom. The summed E-state index contributed by atoms with van der Waals surface area (Å²) >= 11 is 0. The molecule has 2 nitrogen and oxygen atoms in total. The second-order valence-electron chi connectivity index (χ2n) is 3.11. The Morgan fingerprint density at radius 1 is 1.57 bits per heavy atom. The SMILES string of the molecule is CCC(C)Oc1c(F)cccc1C=O. The molecule has 0 N–H and O–H groups in total. The van der Waals surface area contributed by atoms with Gasteiger partial charge in [-0.1, -0.05) is 13.0 Å². The molecular weight excluding hydrogens is 183 g/mol. The molecule has 0 aliphatic rings. The van der Waals surface area contributed by atoms with Crippen molar-refractivity contribution >= 4 is 6.29 Å². The Hall–Kier alpha value is -1.38. The lowest BCUT2D eigenvalue weighted by molar-refractivity contribution is 0.111. The molecule has 0 amide bonds. The number of para-hydroxylation sites is 1. The van der Waals surface area contributed by atoms with Crippen LogP contribution < -0.4 is 4.74 Å². The average molecular weight is 196 g/mol. The van der Waals surface area contributed by atoms with Gasteiger partial charge in [-0.3, -0.25) is 4.79 Å². The first-order valence-electron chi connectivity index (χ1n) is 4.59. The highest BCUT2D eigenvalue weighted by atomic mass is 19.1. The fourth-order valence-corrected chi connectivity index (χ4v) is 1.03. The Balaban J connectivity index is 2.98. The molecule has 0 bridgehead atoms. The summed E-state index contributed by atoms with van der Waals surface area (Å²) in [5, 5.41) is 0. The standard InChI is InChI=1S/C11H13FO2/c1-3-8(2)14-11-9(7-13)5-4-6-10(11)12/h4-8H,3H2,1-2H3. The van der Waals surface area contributed by atoms with Gasteiger partial charge in [0.15, 0.2) is 17.9 Å². The van der Waals surface area contributed by atoms with E-state index in [2.05, 4.69) is 0 Å². The van der Waals surface area contributed by atoms with Gasteiger partial charge in [0.1, 0.15) is 0 Å². The molecule has 0 heterocycles. The number of carbonyl (C=O) groups excluding carboxylic acids is 1. The Labute approximate surface area is 82.7 Å². The third-order valence-electron chi connectivity index (χ3n) is 2.02. The molecule has 0 saturated heterocycles. The van der Waals surface area contributed by atoms with E-state index in [1.54, 1.807) is 0 Å². The topological polar surface area (TPSA) is 26.3 Å². The fraction of sp³-hybridized carbons (Fsp3) is 0.364. The summed E-state index contributed by atoms with van der Waals surface area (Å²) in [5.74, 6) is -0.438. The van der Waals surface area contributed by atoms with Gasteiger partial charge in [0.2, 0.25) is 0 Å². The van der Waals surface area contributed by atoms with E-state index in [4.69, 9.17) is 4.74 Å². The van der Waals surface area contributed by atoms with Crippen LogP contribution in [-0.2, 0) is 0 Å². The summed E-state index contributed by atoms with van der Waals surface area (Å²) < 4.78 is 18.6. The number of ether oxygens (including phenoxy) is 1. The van der Waals surface area contributed by atoms with Gasteiger partial charge in [-0.25, -0.2) is 4.39 Å². The molecule has 0 saturated carbocycles. The van der Waals surface area contributed by atoms with Gasteiger partial charge in [-0.05, 0) is 25.5 Å². The van der Waals surface area contributed by atoms with E-state index in [-0.39, 0.29) is 17.4 Å². The number of hydrogen-bond acceptors (Lipinski definition) is 2. The summed E-state index contributed by atoms with van der Waals surface area (Å²) in [4.78, 5) is 10.6. The molecule has 0 fully saturated rings. The second kappa shape index (κ2) is 4.74. The molecule has 0 radical (unpaired) electrons. The molecule has 3 heteroatoms. The minimum Gasteiger partial charge on any atom is -0.487 e. The van der Waals surface area contributed by atoms with E-state index >= 15 is 0 Å². The Kier molecular flexibility index (Phi) is 3.63. The molecule has 1 aromatic rings. The molecule has 76 valence electrons. The molecule has 1 rings (SSSR count). The molecule has 1 aromatic carbocycles. The summed E-state index contributed by atoms with van der Waals surface area (Å²) in [7, 11) is 0. The number of rotatable bonds is 4. The van der Waals surface area contributed by atoms with Crippen molar-refractivity contribution < 1.29 is 13.9 Å². The van der Waals surface area contributed by atoms with Crippen molar-refractivity contribution in [2.45, 2.75) is 26.4 Å². The highest BCUT2D eigenvalue weighted by molar-refractivity contribution is 5.79. The summed E-state index contributed by atoms with van der Waals surface area (Å²) in [5.41, 5.74) is 0.255.